The molecule has 4 amide bonds. The van der Waals surface area contributed by atoms with Crippen molar-refractivity contribution in [3.05, 3.63) is 201 Å². The number of pyridine rings is 1. The van der Waals surface area contributed by atoms with E-state index in [4.69, 9.17) is 0 Å². The van der Waals surface area contributed by atoms with Crippen LogP contribution in [-0.2, 0) is 27.8 Å². The van der Waals surface area contributed by atoms with Crippen molar-refractivity contribution < 1.29 is 19.2 Å². The van der Waals surface area contributed by atoms with Gasteiger partial charge in [-0.2, -0.15) is 0 Å². The first-order valence-corrected chi connectivity index (χ1v) is 20.0. The van der Waals surface area contributed by atoms with Gasteiger partial charge in [-0.05, 0) is 145 Å². The number of carbonyl (C=O) groups excluding carboxylic acids is 4. The first kappa shape index (κ1) is 41.4. The Hall–Kier alpha value is -7.81. The van der Waals surface area contributed by atoms with Crippen LogP contribution in [0.1, 0.15) is 91.7 Å². The predicted octanol–water partition coefficient (Wildman–Crippen LogP) is 9.51. The van der Waals surface area contributed by atoms with Gasteiger partial charge in [0.1, 0.15) is 5.82 Å². The number of carbonyl (C=O) groups is 4. The number of hydrogen-bond donors (Lipinski definition) is 2. The van der Waals surface area contributed by atoms with Crippen LogP contribution in [0.3, 0.4) is 0 Å². The molecular formula is C53H44N4O4. The van der Waals surface area contributed by atoms with Gasteiger partial charge in [0.2, 0.25) is 0 Å². The number of nitrogens with zero attached hydrogens (tertiary/aromatic N) is 2. The van der Waals surface area contributed by atoms with Gasteiger partial charge < -0.3 is 10.6 Å². The third-order valence-corrected chi connectivity index (χ3v) is 10.1. The first-order valence-electron chi connectivity index (χ1n) is 20.0. The normalized spacial score (nSPS) is 12.0. The summed E-state index contributed by atoms with van der Waals surface area (Å²) in [6.07, 6.45) is 4.07. The van der Waals surface area contributed by atoms with Gasteiger partial charge in [-0.1, -0.05) is 80.9 Å². The second-order valence-corrected chi connectivity index (χ2v) is 16.0. The van der Waals surface area contributed by atoms with E-state index in [1.165, 1.54) is 17.7 Å². The van der Waals surface area contributed by atoms with Crippen molar-refractivity contribution in [1.29, 1.82) is 0 Å². The zero-order chi connectivity index (χ0) is 43.1. The summed E-state index contributed by atoms with van der Waals surface area (Å²) in [6.45, 7) is 10.4. The molecule has 300 valence electrons. The van der Waals surface area contributed by atoms with Crippen LogP contribution in [0, 0.1) is 37.5 Å². The molecule has 0 unspecified atom stereocenters. The van der Waals surface area contributed by atoms with Gasteiger partial charge >= 0.3 is 0 Å². The summed E-state index contributed by atoms with van der Waals surface area (Å²) in [7, 11) is 0. The monoisotopic (exact) mass is 800 g/mol. The fraction of sp³-hybridized carbons (Fsp3) is 0.151. The Morgan fingerprint density at radius 3 is 1.62 bits per heavy atom. The second kappa shape index (κ2) is 18.0. The summed E-state index contributed by atoms with van der Waals surface area (Å²) < 4.78 is 0. The molecule has 2 heterocycles. The van der Waals surface area contributed by atoms with E-state index in [1.54, 1.807) is 48.5 Å². The summed E-state index contributed by atoms with van der Waals surface area (Å²) >= 11 is 0. The van der Waals surface area contributed by atoms with Gasteiger partial charge in [0, 0.05) is 56.9 Å². The summed E-state index contributed by atoms with van der Waals surface area (Å²) in [5, 5.41) is 5.88. The summed E-state index contributed by atoms with van der Waals surface area (Å²) in [5.74, 6) is 12.1. The van der Waals surface area contributed by atoms with Gasteiger partial charge in [-0.15, -0.1) is 0 Å². The Morgan fingerprint density at radius 1 is 0.574 bits per heavy atom. The Kier molecular flexibility index (Phi) is 12.2. The Morgan fingerprint density at radius 2 is 1.08 bits per heavy atom. The third kappa shape index (κ3) is 10.8. The smallest absolute Gasteiger partial charge is 0.258 e. The second-order valence-electron chi connectivity index (χ2n) is 16.0. The molecule has 0 aliphatic carbocycles. The highest BCUT2D eigenvalue weighted by Crippen LogP contribution is 2.23. The van der Waals surface area contributed by atoms with Gasteiger partial charge in [-0.3, -0.25) is 19.2 Å². The highest BCUT2D eigenvalue weighted by Gasteiger charge is 2.24. The van der Waals surface area contributed by atoms with E-state index in [9.17, 15) is 19.2 Å². The Labute approximate surface area is 356 Å². The van der Waals surface area contributed by atoms with E-state index >= 15 is 0 Å². The molecular weight excluding hydrogens is 757 g/mol. The minimum Gasteiger partial charge on any atom is -0.322 e. The van der Waals surface area contributed by atoms with Crippen molar-refractivity contribution >= 4 is 40.8 Å². The van der Waals surface area contributed by atoms with E-state index in [0.717, 1.165) is 45.7 Å². The molecule has 0 spiro atoms. The molecule has 6 aromatic rings. The number of aryl methyl sites for hydroxylation is 4. The molecule has 5 aromatic carbocycles. The molecule has 8 nitrogen and oxygen atoms in total. The maximum absolute atomic E-state index is 13.7. The lowest BCUT2D eigenvalue weighted by molar-refractivity contribution is -0.120. The van der Waals surface area contributed by atoms with Crippen LogP contribution in [0.15, 0.2) is 140 Å². The topological polar surface area (TPSA) is 108 Å². The molecule has 1 aliphatic rings. The lowest BCUT2D eigenvalue weighted by Crippen LogP contribution is -2.29. The number of hydrogen-bond acceptors (Lipinski definition) is 5. The third-order valence-electron chi connectivity index (χ3n) is 10.1. The van der Waals surface area contributed by atoms with E-state index in [1.807, 2.05) is 80.6 Å². The number of rotatable bonds is 8. The molecule has 0 radical (unpaired) electrons. The quantitative estimate of drug-likeness (QED) is 0.118. The molecule has 7 rings (SSSR count). The van der Waals surface area contributed by atoms with Crippen LogP contribution < -0.4 is 15.5 Å². The molecule has 8 heteroatoms. The molecule has 0 saturated heterocycles. The van der Waals surface area contributed by atoms with E-state index in [2.05, 4.69) is 72.2 Å². The SMILES string of the molecule is Cc1cc(C)nc(NC(=O)c2ccc(C#Cc3cc(C#Cc4ccc(C(C)(C)C)cc4)cc(C(=O)Nc4ccc(CCc5ccc(N6C(=O)C=CC6=O)cc5)cc4)c3)cc2)c1. The summed E-state index contributed by atoms with van der Waals surface area (Å²) in [4.78, 5) is 56.2. The number of amides is 4. The number of imide groups is 1. The first-order chi connectivity index (χ1) is 29.2. The van der Waals surface area contributed by atoms with Crippen molar-refractivity contribution in [3.63, 3.8) is 0 Å². The van der Waals surface area contributed by atoms with Crippen molar-refractivity contribution in [1.82, 2.24) is 4.98 Å². The summed E-state index contributed by atoms with van der Waals surface area (Å²) in [6, 6.07) is 39.5. The zero-order valence-electron chi connectivity index (χ0n) is 34.7. The molecule has 0 atom stereocenters. The minimum atomic E-state index is -0.340. The highest BCUT2D eigenvalue weighted by molar-refractivity contribution is 6.28. The molecule has 2 N–H and O–H groups in total. The van der Waals surface area contributed by atoms with Crippen LogP contribution >= 0.6 is 0 Å². The fourth-order valence-corrected chi connectivity index (χ4v) is 6.76. The maximum Gasteiger partial charge on any atom is 0.258 e. The van der Waals surface area contributed by atoms with Crippen LogP contribution in [-0.4, -0.2) is 28.6 Å². The van der Waals surface area contributed by atoms with Gasteiger partial charge in [-0.25, -0.2) is 9.88 Å². The van der Waals surface area contributed by atoms with Crippen LogP contribution in [0.25, 0.3) is 0 Å². The van der Waals surface area contributed by atoms with E-state index < -0.39 is 0 Å². The maximum atomic E-state index is 13.7. The summed E-state index contributed by atoms with van der Waals surface area (Å²) in [5.41, 5.74) is 10.1. The molecule has 1 aromatic heterocycles. The lowest BCUT2D eigenvalue weighted by Gasteiger charge is -2.18. The lowest BCUT2D eigenvalue weighted by atomic mass is 9.87. The minimum absolute atomic E-state index is 0.0271. The largest absolute Gasteiger partial charge is 0.322 e. The van der Waals surface area contributed by atoms with Gasteiger partial charge in [0.15, 0.2) is 0 Å². The van der Waals surface area contributed by atoms with Crippen LogP contribution in [0.4, 0.5) is 17.2 Å². The van der Waals surface area contributed by atoms with E-state index in [0.29, 0.717) is 45.0 Å². The molecule has 0 saturated carbocycles. The molecule has 61 heavy (non-hydrogen) atoms. The number of nitrogens with one attached hydrogen (secondary N) is 2. The van der Waals surface area contributed by atoms with Crippen molar-refractivity contribution in [2.75, 3.05) is 15.5 Å². The van der Waals surface area contributed by atoms with Crippen LogP contribution in [0.2, 0.25) is 0 Å². The standard InChI is InChI=1S/C53H44N4O4/c1-35-30-36(2)54-48(31-35)56-51(60)43-20-12-37(13-21-43)8-10-41-32-42(11-9-38-14-22-45(23-15-38)53(3,4)5)34-44(33-41)52(61)55-46-24-16-39(17-25-46)6-7-40-18-26-47(27-19-40)57-49(58)28-29-50(57)59/h12-34H,6-7H2,1-5H3,(H,55,61)(H,54,56,60). The number of benzene rings is 5. The van der Waals surface area contributed by atoms with E-state index in [-0.39, 0.29) is 29.0 Å². The zero-order valence-corrected chi connectivity index (χ0v) is 34.7. The molecule has 0 bridgehead atoms. The Bertz CT molecular complexity index is 2770. The van der Waals surface area contributed by atoms with Gasteiger partial charge in [0.25, 0.3) is 23.6 Å². The highest BCUT2D eigenvalue weighted by atomic mass is 16.2. The van der Waals surface area contributed by atoms with Crippen molar-refractivity contribution in [2.45, 2.75) is 52.9 Å². The average molecular weight is 801 g/mol. The average Bonchev–Trinajstić information content (AvgIpc) is 3.58. The van der Waals surface area contributed by atoms with Crippen LogP contribution in [0.5, 0.6) is 0 Å². The van der Waals surface area contributed by atoms with Crippen molar-refractivity contribution in [2.24, 2.45) is 0 Å². The van der Waals surface area contributed by atoms with Gasteiger partial charge in [0.05, 0.1) is 5.69 Å². The number of aromatic nitrogens is 1. The Balaban J connectivity index is 1.05. The molecule has 0 fully saturated rings. The van der Waals surface area contributed by atoms with Crippen molar-refractivity contribution in [3.8, 4) is 23.7 Å². The molecule has 1 aliphatic heterocycles. The predicted molar refractivity (Wildman–Crippen MR) is 242 cm³/mol. The number of anilines is 3. The fourth-order valence-electron chi connectivity index (χ4n) is 6.76.